The molecule has 0 saturated carbocycles. The Morgan fingerprint density at radius 1 is 1.44 bits per heavy atom. The van der Waals surface area contributed by atoms with Crippen LogP contribution in [0.3, 0.4) is 0 Å². The molecule has 18 heavy (non-hydrogen) atoms. The Morgan fingerprint density at radius 3 is 2.83 bits per heavy atom. The summed E-state index contributed by atoms with van der Waals surface area (Å²) in [6, 6.07) is 6.72. The van der Waals surface area contributed by atoms with Gasteiger partial charge < -0.3 is 10.4 Å². The average Bonchev–Trinajstić information content (AvgIpc) is 2.27. The number of rotatable bonds is 2. The highest BCUT2D eigenvalue weighted by Gasteiger charge is 2.13. The van der Waals surface area contributed by atoms with Crippen LogP contribution >= 0.6 is 23.2 Å². The molecular weight excluding hydrogens is 275 g/mol. The molecule has 0 saturated heterocycles. The molecule has 0 radical (unpaired) electrons. The van der Waals surface area contributed by atoms with Crippen molar-refractivity contribution in [2.45, 2.75) is 13.0 Å². The second-order valence-corrected chi connectivity index (χ2v) is 4.61. The molecule has 0 aliphatic heterocycles. The van der Waals surface area contributed by atoms with Crippen molar-refractivity contribution in [2.24, 2.45) is 0 Å². The maximum atomic E-state index is 10.6. The first kappa shape index (κ1) is 12.9. The Hall–Kier alpha value is -1.52. The fourth-order valence-electron chi connectivity index (χ4n) is 1.72. The van der Waals surface area contributed by atoms with Crippen molar-refractivity contribution in [3.63, 3.8) is 0 Å². The molecule has 1 unspecified atom stereocenters. The maximum Gasteiger partial charge on any atom is 0.405 e. The molecule has 2 N–H and O–H groups in total. The number of carboxylic acid groups (broad SMARTS) is 1. The fourth-order valence-corrected chi connectivity index (χ4v) is 2.35. The highest BCUT2D eigenvalue weighted by molar-refractivity contribution is 6.41. The third-order valence-electron chi connectivity index (χ3n) is 2.57. The molecule has 0 spiro atoms. The number of carbonyl (C=O) groups is 1. The molecule has 2 aromatic rings. The van der Waals surface area contributed by atoms with E-state index < -0.39 is 12.1 Å². The minimum Gasteiger partial charge on any atom is -0.465 e. The van der Waals surface area contributed by atoms with Gasteiger partial charge in [0.1, 0.15) is 5.15 Å². The fraction of sp³-hybridized carbons (Fsp3) is 0.167. The predicted octanol–water partition coefficient (Wildman–Crippen LogP) is 3.87. The van der Waals surface area contributed by atoms with Crippen LogP contribution in [0.4, 0.5) is 4.79 Å². The van der Waals surface area contributed by atoms with Gasteiger partial charge in [0.05, 0.1) is 16.8 Å². The van der Waals surface area contributed by atoms with Crippen LogP contribution in [-0.2, 0) is 0 Å². The van der Waals surface area contributed by atoms with Crippen LogP contribution in [0.5, 0.6) is 0 Å². The van der Waals surface area contributed by atoms with Crippen LogP contribution in [0.1, 0.15) is 18.7 Å². The number of hydrogen-bond acceptors (Lipinski definition) is 2. The van der Waals surface area contributed by atoms with Gasteiger partial charge in [-0.25, -0.2) is 9.78 Å². The van der Waals surface area contributed by atoms with Crippen LogP contribution < -0.4 is 5.32 Å². The van der Waals surface area contributed by atoms with E-state index in [1.807, 2.05) is 6.07 Å². The molecule has 1 amide bonds. The Bertz CT molecular complexity index is 616. The summed E-state index contributed by atoms with van der Waals surface area (Å²) in [6.07, 6.45) is -1.10. The van der Waals surface area contributed by atoms with Gasteiger partial charge in [-0.3, -0.25) is 0 Å². The quantitative estimate of drug-likeness (QED) is 0.823. The summed E-state index contributed by atoms with van der Waals surface area (Å²) in [4.78, 5) is 14.8. The van der Waals surface area contributed by atoms with Gasteiger partial charge in [-0.1, -0.05) is 35.3 Å². The summed E-state index contributed by atoms with van der Waals surface area (Å²) >= 11 is 12.1. The van der Waals surface area contributed by atoms with Gasteiger partial charge >= 0.3 is 6.09 Å². The number of pyridine rings is 1. The second-order valence-electron chi connectivity index (χ2n) is 3.85. The summed E-state index contributed by atoms with van der Waals surface area (Å²) < 4.78 is 0. The number of benzene rings is 1. The van der Waals surface area contributed by atoms with Gasteiger partial charge in [-0.05, 0) is 24.4 Å². The molecule has 1 aromatic heterocycles. The largest absolute Gasteiger partial charge is 0.465 e. The lowest BCUT2D eigenvalue weighted by Crippen LogP contribution is -2.25. The standard InChI is InChI=1S/C12H10Cl2N2O2/c1-6(15-12(17)18)9-5-7-3-2-4-8(13)10(7)11(14)16-9/h2-6,15H,1H3,(H,17,18). The normalized spacial score (nSPS) is 12.4. The monoisotopic (exact) mass is 284 g/mol. The number of nitrogens with zero attached hydrogens (tertiary/aromatic N) is 1. The Labute approximate surface area is 114 Å². The first-order valence-electron chi connectivity index (χ1n) is 5.23. The molecule has 1 atom stereocenters. The number of nitrogens with one attached hydrogen (secondary N) is 1. The second kappa shape index (κ2) is 5.00. The van der Waals surface area contributed by atoms with E-state index >= 15 is 0 Å². The van der Waals surface area contributed by atoms with Crippen LogP contribution in [0, 0.1) is 0 Å². The molecule has 6 heteroatoms. The molecular formula is C12H10Cl2N2O2. The van der Waals surface area contributed by atoms with E-state index in [0.717, 1.165) is 5.39 Å². The average molecular weight is 285 g/mol. The zero-order valence-corrected chi connectivity index (χ0v) is 11.0. The summed E-state index contributed by atoms with van der Waals surface area (Å²) in [5.74, 6) is 0. The zero-order valence-electron chi connectivity index (χ0n) is 9.45. The third kappa shape index (κ3) is 2.49. The van der Waals surface area contributed by atoms with Crippen LogP contribution in [0.25, 0.3) is 10.8 Å². The maximum absolute atomic E-state index is 10.6. The van der Waals surface area contributed by atoms with E-state index in [1.54, 1.807) is 25.1 Å². The van der Waals surface area contributed by atoms with Gasteiger partial charge in [0, 0.05) is 5.39 Å². The zero-order chi connectivity index (χ0) is 13.3. The van der Waals surface area contributed by atoms with Crippen molar-refractivity contribution >= 4 is 40.1 Å². The number of halogens is 2. The van der Waals surface area contributed by atoms with Gasteiger partial charge in [0.2, 0.25) is 0 Å². The molecule has 0 fully saturated rings. The van der Waals surface area contributed by atoms with Crippen molar-refractivity contribution in [3.8, 4) is 0 Å². The third-order valence-corrected chi connectivity index (χ3v) is 3.15. The van der Waals surface area contributed by atoms with E-state index in [-0.39, 0.29) is 5.15 Å². The lowest BCUT2D eigenvalue weighted by Gasteiger charge is -2.13. The highest BCUT2D eigenvalue weighted by atomic mass is 35.5. The minimum absolute atomic E-state index is 0.270. The van der Waals surface area contributed by atoms with Crippen molar-refractivity contribution in [3.05, 3.63) is 40.1 Å². The van der Waals surface area contributed by atoms with Crippen molar-refractivity contribution in [1.29, 1.82) is 0 Å². The molecule has 2 rings (SSSR count). The Kier molecular flexibility index (Phi) is 3.59. The predicted molar refractivity (Wildman–Crippen MR) is 71.3 cm³/mol. The van der Waals surface area contributed by atoms with Crippen molar-refractivity contribution in [1.82, 2.24) is 10.3 Å². The van der Waals surface area contributed by atoms with E-state index in [2.05, 4.69) is 10.3 Å². The molecule has 0 aliphatic carbocycles. The van der Waals surface area contributed by atoms with Crippen molar-refractivity contribution < 1.29 is 9.90 Å². The summed E-state index contributed by atoms with van der Waals surface area (Å²) in [7, 11) is 0. The smallest absolute Gasteiger partial charge is 0.405 e. The Balaban J connectivity index is 2.52. The summed E-state index contributed by atoms with van der Waals surface area (Å²) in [5.41, 5.74) is 0.553. The lowest BCUT2D eigenvalue weighted by atomic mass is 10.1. The number of fused-ring (bicyclic) bond motifs is 1. The molecule has 0 bridgehead atoms. The van der Waals surface area contributed by atoms with Crippen LogP contribution in [-0.4, -0.2) is 16.2 Å². The minimum atomic E-state index is -1.10. The molecule has 1 heterocycles. The lowest BCUT2D eigenvalue weighted by molar-refractivity contribution is 0.190. The SMILES string of the molecule is CC(NC(=O)O)c1cc2cccc(Cl)c2c(Cl)n1. The van der Waals surface area contributed by atoms with Crippen LogP contribution in [0.2, 0.25) is 10.2 Å². The molecule has 1 aromatic carbocycles. The molecule has 4 nitrogen and oxygen atoms in total. The molecule has 0 aliphatic rings. The Morgan fingerprint density at radius 2 is 2.17 bits per heavy atom. The van der Waals surface area contributed by atoms with Gasteiger partial charge in [-0.15, -0.1) is 0 Å². The van der Waals surface area contributed by atoms with Gasteiger partial charge in [0.25, 0.3) is 0 Å². The van der Waals surface area contributed by atoms with E-state index in [1.165, 1.54) is 0 Å². The number of hydrogen-bond donors (Lipinski definition) is 2. The van der Waals surface area contributed by atoms with E-state index in [0.29, 0.717) is 16.1 Å². The first-order valence-corrected chi connectivity index (χ1v) is 5.98. The van der Waals surface area contributed by atoms with Crippen molar-refractivity contribution in [2.75, 3.05) is 0 Å². The van der Waals surface area contributed by atoms with Gasteiger partial charge in [0.15, 0.2) is 0 Å². The first-order chi connectivity index (χ1) is 8.49. The van der Waals surface area contributed by atoms with E-state index in [9.17, 15) is 4.79 Å². The topological polar surface area (TPSA) is 62.2 Å². The summed E-state index contributed by atoms with van der Waals surface area (Å²) in [6.45, 7) is 1.70. The number of aromatic nitrogens is 1. The van der Waals surface area contributed by atoms with E-state index in [4.69, 9.17) is 28.3 Å². The van der Waals surface area contributed by atoms with Crippen LogP contribution in [0.15, 0.2) is 24.3 Å². The number of amides is 1. The van der Waals surface area contributed by atoms with Gasteiger partial charge in [-0.2, -0.15) is 0 Å². The summed E-state index contributed by atoms with van der Waals surface area (Å²) in [5, 5.41) is 13.3. The highest BCUT2D eigenvalue weighted by Crippen LogP contribution is 2.30. The molecule has 94 valence electrons.